The number of carboxylic acid groups (broad SMARTS) is 1. The summed E-state index contributed by atoms with van der Waals surface area (Å²) in [4.78, 5) is 10.8. The van der Waals surface area contributed by atoms with E-state index in [1.807, 2.05) is 0 Å². The predicted molar refractivity (Wildman–Crippen MR) is 54.0 cm³/mol. The van der Waals surface area contributed by atoms with Gasteiger partial charge >= 0.3 is 5.97 Å². The van der Waals surface area contributed by atoms with Crippen LogP contribution in [0.3, 0.4) is 0 Å². The van der Waals surface area contributed by atoms with Crippen LogP contribution in [0.4, 0.5) is 4.39 Å². The Morgan fingerprint density at radius 2 is 2.27 bits per heavy atom. The Labute approximate surface area is 86.8 Å². The number of ether oxygens (including phenoxy) is 1. The summed E-state index contributed by atoms with van der Waals surface area (Å²) in [6.07, 6.45) is 0. The molecular formula is C11H11FO3. The highest BCUT2D eigenvalue weighted by atomic mass is 19.1. The average molecular weight is 210 g/mol. The van der Waals surface area contributed by atoms with Gasteiger partial charge in [0.2, 0.25) is 0 Å². The summed E-state index contributed by atoms with van der Waals surface area (Å²) < 4.78 is 18.4. The lowest BCUT2D eigenvalue weighted by Gasteiger charge is -2.10. The van der Waals surface area contributed by atoms with E-state index in [0.29, 0.717) is 6.61 Å². The van der Waals surface area contributed by atoms with Gasteiger partial charge in [0.1, 0.15) is 11.6 Å². The number of halogens is 1. The highest BCUT2D eigenvalue weighted by Gasteiger charge is 2.17. The quantitative estimate of drug-likeness (QED) is 0.777. The molecule has 0 spiro atoms. The summed E-state index contributed by atoms with van der Waals surface area (Å²) >= 11 is 0. The molecule has 15 heavy (non-hydrogen) atoms. The molecule has 4 heteroatoms. The van der Waals surface area contributed by atoms with E-state index >= 15 is 0 Å². The summed E-state index contributed by atoms with van der Waals surface area (Å²) in [5, 5.41) is 8.84. The van der Waals surface area contributed by atoms with Gasteiger partial charge in [0.25, 0.3) is 0 Å². The number of hydrogen-bond donors (Lipinski definition) is 1. The lowest BCUT2D eigenvalue weighted by molar-refractivity contribution is 0.0695. The molecule has 0 radical (unpaired) electrons. The van der Waals surface area contributed by atoms with E-state index in [1.54, 1.807) is 6.92 Å². The molecule has 1 aromatic rings. The average Bonchev–Trinajstić information content (AvgIpc) is 2.17. The smallest absolute Gasteiger partial charge is 0.336 e. The van der Waals surface area contributed by atoms with Crippen LogP contribution in [0.15, 0.2) is 24.8 Å². The second-order valence-corrected chi connectivity index (χ2v) is 2.82. The molecule has 80 valence electrons. The number of aromatic carboxylic acids is 1. The fraction of sp³-hybridized carbons (Fsp3) is 0.182. The first-order chi connectivity index (χ1) is 7.07. The zero-order valence-corrected chi connectivity index (χ0v) is 8.29. The number of carboxylic acids is 1. The minimum Gasteiger partial charge on any atom is -0.494 e. The summed E-state index contributed by atoms with van der Waals surface area (Å²) in [5.41, 5.74) is -0.236. The molecule has 0 saturated carbocycles. The lowest BCUT2D eigenvalue weighted by atomic mass is 10.1. The molecule has 0 atom stereocenters. The zero-order valence-electron chi connectivity index (χ0n) is 8.29. The first kappa shape index (κ1) is 11.2. The normalized spacial score (nSPS) is 9.73. The summed E-state index contributed by atoms with van der Waals surface area (Å²) in [6.45, 7) is 5.52. The molecule has 1 rings (SSSR count). The molecule has 1 aromatic carbocycles. The van der Waals surface area contributed by atoms with Crippen LogP contribution in [0.2, 0.25) is 0 Å². The minimum atomic E-state index is -1.20. The van der Waals surface area contributed by atoms with Gasteiger partial charge in [0.05, 0.1) is 17.7 Å². The van der Waals surface area contributed by atoms with Crippen LogP contribution in [0.25, 0.3) is 5.76 Å². The predicted octanol–water partition coefficient (Wildman–Crippen LogP) is 2.53. The monoisotopic (exact) mass is 210 g/mol. The van der Waals surface area contributed by atoms with Gasteiger partial charge in [0.15, 0.2) is 0 Å². The Kier molecular flexibility index (Phi) is 3.44. The second kappa shape index (κ2) is 4.59. The summed E-state index contributed by atoms with van der Waals surface area (Å²) in [7, 11) is 0. The first-order valence-electron chi connectivity index (χ1n) is 4.41. The molecule has 0 aliphatic carbocycles. The summed E-state index contributed by atoms with van der Waals surface area (Å²) in [6, 6.07) is 3.82. The molecule has 0 unspecified atom stereocenters. The Bertz CT molecular complexity index is 399. The van der Waals surface area contributed by atoms with Gasteiger partial charge < -0.3 is 9.84 Å². The van der Waals surface area contributed by atoms with E-state index in [4.69, 9.17) is 9.84 Å². The maximum atomic E-state index is 13.4. The Morgan fingerprint density at radius 1 is 1.60 bits per heavy atom. The topological polar surface area (TPSA) is 46.5 Å². The van der Waals surface area contributed by atoms with E-state index < -0.39 is 11.8 Å². The van der Waals surface area contributed by atoms with Crippen molar-refractivity contribution in [3.63, 3.8) is 0 Å². The minimum absolute atomic E-state index is 0.0352. The molecule has 0 amide bonds. The molecule has 0 aliphatic rings. The van der Waals surface area contributed by atoms with Gasteiger partial charge in [-0.05, 0) is 19.1 Å². The number of rotatable bonds is 4. The van der Waals surface area contributed by atoms with Crippen LogP contribution >= 0.6 is 0 Å². The van der Waals surface area contributed by atoms with E-state index in [9.17, 15) is 9.18 Å². The van der Waals surface area contributed by atoms with Crippen molar-refractivity contribution in [2.45, 2.75) is 6.92 Å². The van der Waals surface area contributed by atoms with Crippen molar-refractivity contribution in [3.8, 4) is 0 Å². The highest BCUT2D eigenvalue weighted by molar-refractivity contribution is 5.93. The molecule has 0 fully saturated rings. The van der Waals surface area contributed by atoms with Gasteiger partial charge in [-0.2, -0.15) is 0 Å². The third-order valence-electron chi connectivity index (χ3n) is 1.84. The van der Waals surface area contributed by atoms with E-state index in [0.717, 1.165) is 0 Å². The second-order valence-electron chi connectivity index (χ2n) is 2.82. The Balaban J connectivity index is 3.24. The van der Waals surface area contributed by atoms with Gasteiger partial charge in [0, 0.05) is 0 Å². The third kappa shape index (κ3) is 2.34. The van der Waals surface area contributed by atoms with Crippen molar-refractivity contribution in [2.24, 2.45) is 0 Å². The van der Waals surface area contributed by atoms with Gasteiger partial charge in [-0.1, -0.05) is 12.6 Å². The maximum absolute atomic E-state index is 13.4. The van der Waals surface area contributed by atoms with E-state index in [-0.39, 0.29) is 16.9 Å². The van der Waals surface area contributed by atoms with Crippen molar-refractivity contribution in [1.29, 1.82) is 0 Å². The van der Waals surface area contributed by atoms with Gasteiger partial charge in [-0.3, -0.25) is 0 Å². The standard InChI is InChI=1S/C11H11FO3/c1-3-15-7(2)10-8(11(13)14)5-4-6-9(10)12/h4-6H,2-3H2,1H3,(H,13,14). The van der Waals surface area contributed by atoms with Gasteiger partial charge in [-0.15, -0.1) is 0 Å². The third-order valence-corrected chi connectivity index (χ3v) is 1.84. The molecule has 0 aliphatic heterocycles. The first-order valence-corrected chi connectivity index (χ1v) is 4.41. The molecule has 0 aromatic heterocycles. The van der Waals surface area contributed by atoms with Crippen LogP contribution in [0.5, 0.6) is 0 Å². The molecule has 3 nitrogen and oxygen atoms in total. The maximum Gasteiger partial charge on any atom is 0.336 e. The lowest BCUT2D eigenvalue weighted by Crippen LogP contribution is -2.05. The van der Waals surface area contributed by atoms with Crippen molar-refractivity contribution in [2.75, 3.05) is 6.61 Å². The van der Waals surface area contributed by atoms with Crippen LogP contribution in [0.1, 0.15) is 22.8 Å². The fourth-order valence-electron chi connectivity index (χ4n) is 1.23. The van der Waals surface area contributed by atoms with E-state index in [1.165, 1.54) is 18.2 Å². The highest BCUT2D eigenvalue weighted by Crippen LogP contribution is 2.22. The van der Waals surface area contributed by atoms with Crippen LogP contribution < -0.4 is 0 Å². The van der Waals surface area contributed by atoms with E-state index in [2.05, 4.69) is 6.58 Å². The van der Waals surface area contributed by atoms with Crippen LogP contribution in [-0.4, -0.2) is 17.7 Å². The Hall–Kier alpha value is -1.84. The Morgan fingerprint density at radius 3 is 2.80 bits per heavy atom. The number of carbonyl (C=O) groups is 1. The molecule has 0 saturated heterocycles. The zero-order chi connectivity index (χ0) is 11.4. The van der Waals surface area contributed by atoms with Crippen molar-refractivity contribution >= 4 is 11.7 Å². The molecule has 0 bridgehead atoms. The van der Waals surface area contributed by atoms with Crippen LogP contribution in [0, 0.1) is 5.82 Å². The van der Waals surface area contributed by atoms with Crippen molar-refractivity contribution in [1.82, 2.24) is 0 Å². The SMILES string of the molecule is C=C(OCC)c1c(F)cccc1C(=O)O. The molecule has 0 heterocycles. The van der Waals surface area contributed by atoms with Crippen molar-refractivity contribution in [3.05, 3.63) is 41.7 Å². The molecular weight excluding hydrogens is 199 g/mol. The fourth-order valence-corrected chi connectivity index (χ4v) is 1.23. The van der Waals surface area contributed by atoms with Crippen LogP contribution in [-0.2, 0) is 4.74 Å². The number of hydrogen-bond acceptors (Lipinski definition) is 2. The number of benzene rings is 1. The van der Waals surface area contributed by atoms with Gasteiger partial charge in [-0.25, -0.2) is 9.18 Å². The van der Waals surface area contributed by atoms with Crippen molar-refractivity contribution < 1.29 is 19.0 Å². The molecule has 1 N–H and O–H groups in total. The largest absolute Gasteiger partial charge is 0.494 e. The summed E-state index contributed by atoms with van der Waals surface area (Å²) in [5.74, 6) is -1.81.